The van der Waals surface area contributed by atoms with Crippen LogP contribution in [0.1, 0.15) is 37.6 Å². The van der Waals surface area contributed by atoms with Crippen molar-refractivity contribution in [3.05, 3.63) is 48.0 Å². The van der Waals surface area contributed by atoms with Crippen LogP contribution in [0.15, 0.2) is 42.5 Å². The maximum Gasteiger partial charge on any atom is 0.253 e. The lowest BCUT2D eigenvalue weighted by molar-refractivity contribution is -0.114. The van der Waals surface area contributed by atoms with Gasteiger partial charge in [-0.3, -0.25) is 9.59 Å². The van der Waals surface area contributed by atoms with E-state index in [2.05, 4.69) is 26.5 Å². The third-order valence-corrected chi connectivity index (χ3v) is 5.60. The normalized spacial score (nSPS) is 14.7. The second kappa shape index (κ2) is 10.2. The number of hydrogen-bond donors (Lipinski definition) is 2. The molecule has 0 saturated carbocycles. The molecule has 1 atom stereocenters. The van der Waals surface area contributed by atoms with Gasteiger partial charge in [-0.2, -0.15) is 0 Å². The van der Waals surface area contributed by atoms with Crippen molar-refractivity contribution in [3.63, 3.8) is 0 Å². The Morgan fingerprint density at radius 2 is 1.68 bits per heavy atom. The van der Waals surface area contributed by atoms with Crippen LogP contribution in [-0.2, 0) is 4.79 Å². The molecular formula is C24H32N4O3. The fourth-order valence-electron chi connectivity index (χ4n) is 3.76. The maximum absolute atomic E-state index is 13.0. The summed E-state index contributed by atoms with van der Waals surface area (Å²) in [5, 5.41) is 5.83. The first-order valence-electron chi connectivity index (χ1n) is 10.8. The fourth-order valence-corrected chi connectivity index (χ4v) is 3.76. The summed E-state index contributed by atoms with van der Waals surface area (Å²) in [5.41, 5.74) is 3.17. The standard InChI is InChI=1S/C24H32N4O3/c1-5-17(2)25-24(30)20-16-19(26-18(3)29)10-11-21(20)27-12-14-28(15-13-27)22-8-6-7-9-23(22)31-4/h6-11,16-17H,5,12-15H2,1-4H3,(H,25,30)(H,26,29)/t17-/m0/s1. The molecule has 0 unspecified atom stereocenters. The number of amides is 2. The first-order valence-corrected chi connectivity index (χ1v) is 10.8. The SMILES string of the molecule is CC[C@H](C)NC(=O)c1cc(NC(C)=O)ccc1N1CCN(c2ccccc2OC)CC1. The quantitative estimate of drug-likeness (QED) is 0.712. The highest BCUT2D eigenvalue weighted by Crippen LogP contribution is 2.31. The lowest BCUT2D eigenvalue weighted by Crippen LogP contribution is -2.47. The van der Waals surface area contributed by atoms with Crippen LogP contribution in [0.2, 0.25) is 0 Å². The molecule has 31 heavy (non-hydrogen) atoms. The smallest absolute Gasteiger partial charge is 0.253 e. The van der Waals surface area contributed by atoms with Gasteiger partial charge in [-0.1, -0.05) is 19.1 Å². The van der Waals surface area contributed by atoms with Crippen molar-refractivity contribution in [2.75, 3.05) is 48.4 Å². The van der Waals surface area contributed by atoms with Gasteiger partial charge >= 0.3 is 0 Å². The van der Waals surface area contributed by atoms with Gasteiger partial charge in [0.2, 0.25) is 5.91 Å². The average Bonchev–Trinajstić information content (AvgIpc) is 2.78. The van der Waals surface area contributed by atoms with Crippen LogP contribution < -0.4 is 25.2 Å². The molecule has 3 rings (SSSR count). The van der Waals surface area contributed by atoms with Crippen LogP contribution in [0.4, 0.5) is 17.1 Å². The summed E-state index contributed by atoms with van der Waals surface area (Å²) >= 11 is 0. The van der Waals surface area contributed by atoms with Crippen LogP contribution in [0.3, 0.4) is 0 Å². The number of nitrogens with zero attached hydrogens (tertiary/aromatic N) is 2. The van der Waals surface area contributed by atoms with Gasteiger partial charge in [0.1, 0.15) is 5.75 Å². The minimum absolute atomic E-state index is 0.0761. The molecule has 0 bridgehead atoms. The topological polar surface area (TPSA) is 73.9 Å². The monoisotopic (exact) mass is 424 g/mol. The summed E-state index contributed by atoms with van der Waals surface area (Å²) in [6.07, 6.45) is 0.851. The zero-order valence-electron chi connectivity index (χ0n) is 18.8. The molecule has 1 aliphatic heterocycles. The number of carbonyl (C=O) groups is 2. The van der Waals surface area contributed by atoms with E-state index in [1.54, 1.807) is 13.2 Å². The second-order valence-corrected chi connectivity index (χ2v) is 7.84. The molecule has 7 heteroatoms. The molecule has 0 spiro atoms. The Balaban J connectivity index is 1.81. The second-order valence-electron chi connectivity index (χ2n) is 7.84. The van der Waals surface area contributed by atoms with E-state index in [9.17, 15) is 9.59 Å². The molecule has 0 aromatic heterocycles. The number of nitrogens with one attached hydrogen (secondary N) is 2. The molecule has 1 aliphatic rings. The summed E-state index contributed by atoms with van der Waals surface area (Å²) in [4.78, 5) is 29.0. The van der Waals surface area contributed by atoms with Crippen molar-refractivity contribution in [1.29, 1.82) is 0 Å². The van der Waals surface area contributed by atoms with Crippen LogP contribution in [0.25, 0.3) is 0 Å². The van der Waals surface area contributed by atoms with Gasteiger partial charge in [0.05, 0.1) is 18.4 Å². The predicted molar refractivity (Wildman–Crippen MR) is 125 cm³/mol. The molecule has 166 valence electrons. The van der Waals surface area contributed by atoms with Crippen LogP contribution >= 0.6 is 0 Å². The van der Waals surface area contributed by atoms with Gasteiger partial charge in [-0.15, -0.1) is 0 Å². The summed E-state index contributed by atoms with van der Waals surface area (Å²) in [6, 6.07) is 13.6. The molecule has 1 fully saturated rings. The Morgan fingerprint density at radius 3 is 2.29 bits per heavy atom. The van der Waals surface area contributed by atoms with E-state index in [1.165, 1.54) is 6.92 Å². The predicted octanol–water partition coefficient (Wildman–Crippen LogP) is 3.51. The Morgan fingerprint density at radius 1 is 1.03 bits per heavy atom. The van der Waals surface area contributed by atoms with Crippen molar-refractivity contribution in [2.45, 2.75) is 33.2 Å². The number of benzene rings is 2. The molecule has 0 aliphatic carbocycles. The van der Waals surface area contributed by atoms with Gasteiger partial charge < -0.3 is 25.2 Å². The largest absolute Gasteiger partial charge is 0.495 e. The third-order valence-electron chi connectivity index (χ3n) is 5.60. The molecule has 7 nitrogen and oxygen atoms in total. The highest BCUT2D eigenvalue weighted by molar-refractivity contribution is 6.02. The zero-order valence-corrected chi connectivity index (χ0v) is 18.8. The minimum atomic E-state index is -0.161. The van der Waals surface area contributed by atoms with Crippen molar-refractivity contribution in [3.8, 4) is 5.75 Å². The van der Waals surface area contributed by atoms with Crippen LogP contribution in [0.5, 0.6) is 5.75 Å². The molecule has 1 saturated heterocycles. The summed E-state index contributed by atoms with van der Waals surface area (Å²) in [6.45, 7) is 8.69. The van der Waals surface area contributed by atoms with Crippen molar-refractivity contribution in [1.82, 2.24) is 5.32 Å². The minimum Gasteiger partial charge on any atom is -0.495 e. The summed E-state index contributed by atoms with van der Waals surface area (Å²) in [7, 11) is 1.69. The third kappa shape index (κ3) is 5.48. The highest BCUT2D eigenvalue weighted by Gasteiger charge is 2.24. The van der Waals surface area contributed by atoms with E-state index in [0.29, 0.717) is 11.3 Å². The van der Waals surface area contributed by atoms with Gasteiger partial charge in [-0.05, 0) is 43.7 Å². The van der Waals surface area contributed by atoms with Gasteiger partial charge in [0.15, 0.2) is 0 Å². The number of carbonyl (C=O) groups excluding carboxylic acids is 2. The molecule has 2 N–H and O–H groups in total. The van der Waals surface area contributed by atoms with Gasteiger partial charge in [0.25, 0.3) is 5.91 Å². The Labute approximate surface area is 184 Å². The van der Waals surface area contributed by atoms with Gasteiger partial charge in [-0.25, -0.2) is 0 Å². The van der Waals surface area contributed by atoms with E-state index in [-0.39, 0.29) is 17.9 Å². The highest BCUT2D eigenvalue weighted by atomic mass is 16.5. The first kappa shape index (κ1) is 22.5. The Bertz CT molecular complexity index is 923. The van der Waals surface area contributed by atoms with E-state index in [1.807, 2.05) is 44.2 Å². The molecule has 2 aromatic carbocycles. The molecule has 0 radical (unpaired) electrons. The summed E-state index contributed by atoms with van der Waals surface area (Å²) in [5.74, 6) is 0.583. The van der Waals surface area contributed by atoms with Gasteiger partial charge in [0, 0.05) is 50.5 Å². The Kier molecular flexibility index (Phi) is 7.39. The number of methoxy groups -OCH3 is 1. The van der Waals surface area contributed by atoms with E-state index >= 15 is 0 Å². The van der Waals surface area contributed by atoms with Crippen LogP contribution in [0, 0.1) is 0 Å². The zero-order chi connectivity index (χ0) is 22.4. The lowest BCUT2D eigenvalue weighted by atomic mass is 10.1. The molecule has 2 aromatic rings. The molecular weight excluding hydrogens is 392 g/mol. The molecule has 1 heterocycles. The first-order chi connectivity index (χ1) is 14.9. The number of hydrogen-bond acceptors (Lipinski definition) is 5. The number of rotatable bonds is 7. The number of para-hydroxylation sites is 2. The van der Waals surface area contributed by atoms with Crippen LogP contribution in [-0.4, -0.2) is 51.1 Å². The Hall–Kier alpha value is -3.22. The fraction of sp³-hybridized carbons (Fsp3) is 0.417. The van der Waals surface area contributed by atoms with E-state index < -0.39 is 0 Å². The van der Waals surface area contributed by atoms with E-state index in [0.717, 1.165) is 49.7 Å². The maximum atomic E-state index is 13.0. The van der Waals surface area contributed by atoms with Crippen molar-refractivity contribution >= 4 is 28.9 Å². The average molecular weight is 425 g/mol. The number of piperazine rings is 1. The molecule has 2 amide bonds. The van der Waals surface area contributed by atoms with E-state index in [4.69, 9.17) is 4.74 Å². The lowest BCUT2D eigenvalue weighted by Gasteiger charge is -2.38. The van der Waals surface area contributed by atoms with Crippen molar-refractivity contribution in [2.24, 2.45) is 0 Å². The summed E-state index contributed by atoms with van der Waals surface area (Å²) < 4.78 is 5.51. The number of anilines is 3. The van der Waals surface area contributed by atoms with Crippen molar-refractivity contribution < 1.29 is 14.3 Å². The number of ether oxygens (including phenoxy) is 1.